The van der Waals surface area contributed by atoms with Crippen molar-refractivity contribution in [1.29, 1.82) is 0 Å². The Kier molecular flexibility index (Phi) is 9.23. The molecule has 1 aliphatic carbocycles. The number of ether oxygens (including phenoxy) is 3. The third kappa shape index (κ3) is 7.05. The molecule has 9 heteroatoms. The van der Waals surface area contributed by atoms with Crippen molar-refractivity contribution in [1.82, 2.24) is 15.0 Å². The molecule has 0 radical (unpaired) electrons. The standard InChI is InChI=1S/C31H43N3O5Si/c1-8-37-30(35)28-29(34(33-32-28)21-22-9-15-25(36-5)16-10-22)38-26-17-11-23(12-18-26)24-13-19-27(20-14-24)39-40(6,7)31(2,3)4/h9-10,13-16,19-20,23,26H,8,11-12,17-18,21H2,1-7H3/t23-,26-. The predicted octanol–water partition coefficient (Wildman–Crippen LogP) is 7.00. The van der Waals surface area contributed by atoms with Gasteiger partial charge in [0.25, 0.3) is 0 Å². The third-order valence-electron chi connectivity index (χ3n) is 8.13. The van der Waals surface area contributed by atoms with Gasteiger partial charge in [-0.25, -0.2) is 9.48 Å². The molecule has 0 saturated heterocycles. The molecule has 1 heterocycles. The van der Waals surface area contributed by atoms with Crippen molar-refractivity contribution >= 4 is 14.3 Å². The van der Waals surface area contributed by atoms with Crippen LogP contribution in [-0.2, 0) is 11.3 Å². The van der Waals surface area contributed by atoms with E-state index in [9.17, 15) is 4.79 Å². The summed E-state index contributed by atoms with van der Waals surface area (Å²) >= 11 is 0. The van der Waals surface area contributed by atoms with Crippen molar-refractivity contribution < 1.29 is 23.4 Å². The van der Waals surface area contributed by atoms with Gasteiger partial charge in [-0.15, -0.1) is 5.10 Å². The van der Waals surface area contributed by atoms with Crippen LogP contribution >= 0.6 is 0 Å². The number of benzene rings is 2. The SMILES string of the molecule is CCOC(=O)c1nnn(Cc2ccc(OC)cc2)c1O[C@H]1CC[C@H](c2ccc(O[Si](C)(C)C(C)(C)C)cc2)CC1. The molecule has 1 fully saturated rings. The van der Waals surface area contributed by atoms with Gasteiger partial charge in [0, 0.05) is 0 Å². The average molecular weight is 566 g/mol. The Balaban J connectivity index is 1.41. The van der Waals surface area contributed by atoms with Crippen molar-refractivity contribution in [3.63, 3.8) is 0 Å². The van der Waals surface area contributed by atoms with E-state index >= 15 is 0 Å². The highest BCUT2D eigenvalue weighted by atomic mass is 28.4. The Morgan fingerprint density at radius 3 is 2.17 bits per heavy atom. The maximum absolute atomic E-state index is 12.6. The van der Waals surface area contributed by atoms with Crippen molar-refractivity contribution in [2.24, 2.45) is 0 Å². The molecule has 4 rings (SSSR count). The summed E-state index contributed by atoms with van der Waals surface area (Å²) < 4.78 is 25.0. The van der Waals surface area contributed by atoms with Crippen molar-refractivity contribution in [2.45, 2.75) is 90.1 Å². The second-order valence-electron chi connectivity index (χ2n) is 12.0. The van der Waals surface area contributed by atoms with Crippen molar-refractivity contribution in [2.75, 3.05) is 13.7 Å². The lowest BCUT2D eigenvalue weighted by atomic mass is 9.83. The first-order chi connectivity index (χ1) is 19.0. The summed E-state index contributed by atoms with van der Waals surface area (Å²) in [6, 6.07) is 16.4. The van der Waals surface area contributed by atoms with Crippen LogP contribution in [0.4, 0.5) is 0 Å². The van der Waals surface area contributed by atoms with Gasteiger partial charge in [-0.3, -0.25) is 0 Å². The Labute approximate surface area is 239 Å². The second-order valence-corrected chi connectivity index (χ2v) is 16.7. The van der Waals surface area contributed by atoms with Crippen LogP contribution in [-0.4, -0.2) is 49.1 Å². The fourth-order valence-corrected chi connectivity index (χ4v) is 5.72. The highest BCUT2D eigenvalue weighted by Gasteiger charge is 2.39. The summed E-state index contributed by atoms with van der Waals surface area (Å²) in [4.78, 5) is 12.6. The summed E-state index contributed by atoms with van der Waals surface area (Å²) in [5.74, 6) is 2.04. The van der Waals surface area contributed by atoms with Crippen LogP contribution in [0.3, 0.4) is 0 Å². The molecule has 0 N–H and O–H groups in total. The molecule has 1 aliphatic rings. The predicted molar refractivity (Wildman–Crippen MR) is 158 cm³/mol. The van der Waals surface area contributed by atoms with Gasteiger partial charge in [0.1, 0.15) is 17.6 Å². The zero-order valence-electron chi connectivity index (χ0n) is 24.9. The summed E-state index contributed by atoms with van der Waals surface area (Å²) in [5.41, 5.74) is 2.45. The Morgan fingerprint density at radius 2 is 1.60 bits per heavy atom. The molecule has 0 bridgehead atoms. The van der Waals surface area contributed by atoms with Gasteiger partial charge in [0.2, 0.25) is 19.9 Å². The number of hydrogen-bond acceptors (Lipinski definition) is 7. The van der Waals surface area contributed by atoms with Gasteiger partial charge < -0.3 is 18.6 Å². The van der Waals surface area contributed by atoms with Gasteiger partial charge in [-0.1, -0.05) is 50.3 Å². The number of nitrogens with zero attached hydrogens (tertiary/aromatic N) is 3. The van der Waals surface area contributed by atoms with Crippen LogP contribution in [0.5, 0.6) is 17.4 Å². The Bertz CT molecular complexity index is 1260. The minimum Gasteiger partial charge on any atom is -0.544 e. The van der Waals surface area contributed by atoms with E-state index in [2.05, 4.69) is 68.4 Å². The van der Waals surface area contributed by atoms with E-state index in [4.69, 9.17) is 18.6 Å². The topological polar surface area (TPSA) is 84.7 Å². The average Bonchev–Trinajstić information content (AvgIpc) is 3.31. The van der Waals surface area contributed by atoms with Gasteiger partial charge in [0.05, 0.1) is 20.3 Å². The maximum Gasteiger partial charge on any atom is 0.364 e. The zero-order chi connectivity index (χ0) is 28.9. The molecular formula is C31H43N3O5Si. The number of hydrogen-bond donors (Lipinski definition) is 0. The summed E-state index contributed by atoms with van der Waals surface area (Å²) in [7, 11) is -0.225. The molecule has 0 atom stereocenters. The molecule has 0 spiro atoms. The Morgan fingerprint density at radius 1 is 0.975 bits per heavy atom. The van der Waals surface area contributed by atoms with Gasteiger partial charge >= 0.3 is 5.97 Å². The van der Waals surface area contributed by atoms with E-state index < -0.39 is 14.3 Å². The van der Waals surface area contributed by atoms with E-state index in [0.29, 0.717) is 18.3 Å². The smallest absolute Gasteiger partial charge is 0.364 e. The number of aromatic nitrogens is 3. The minimum atomic E-state index is -1.86. The number of methoxy groups -OCH3 is 1. The third-order valence-corrected chi connectivity index (χ3v) is 12.5. The van der Waals surface area contributed by atoms with Gasteiger partial charge in [-0.05, 0) is 92.0 Å². The van der Waals surface area contributed by atoms with E-state index in [0.717, 1.165) is 42.7 Å². The lowest BCUT2D eigenvalue weighted by molar-refractivity contribution is 0.0507. The molecule has 0 aliphatic heterocycles. The first kappa shape index (κ1) is 29.6. The molecule has 3 aromatic rings. The summed E-state index contributed by atoms with van der Waals surface area (Å²) in [6.45, 7) is 13.8. The Hall–Kier alpha value is -3.33. The van der Waals surface area contributed by atoms with E-state index in [1.54, 1.807) is 18.7 Å². The molecule has 40 heavy (non-hydrogen) atoms. The monoisotopic (exact) mass is 565 g/mol. The van der Waals surface area contributed by atoms with Gasteiger partial charge in [-0.2, -0.15) is 0 Å². The largest absolute Gasteiger partial charge is 0.544 e. The summed E-state index contributed by atoms with van der Waals surface area (Å²) in [5, 5.41) is 8.52. The van der Waals surface area contributed by atoms with Crippen molar-refractivity contribution in [3.8, 4) is 17.4 Å². The van der Waals surface area contributed by atoms with Crippen molar-refractivity contribution in [3.05, 3.63) is 65.4 Å². The lowest BCUT2D eigenvalue weighted by Crippen LogP contribution is -2.43. The molecule has 0 unspecified atom stereocenters. The highest BCUT2D eigenvalue weighted by molar-refractivity contribution is 6.74. The number of esters is 1. The molecule has 2 aromatic carbocycles. The molecule has 216 valence electrons. The lowest BCUT2D eigenvalue weighted by Gasteiger charge is -2.36. The van der Waals surface area contributed by atoms with Crippen LogP contribution in [0, 0.1) is 0 Å². The highest BCUT2D eigenvalue weighted by Crippen LogP contribution is 2.39. The van der Waals surface area contributed by atoms with Crippen LogP contribution in [0.1, 0.15) is 80.9 Å². The normalized spacial score (nSPS) is 17.8. The molecule has 1 saturated carbocycles. The summed E-state index contributed by atoms with van der Waals surface area (Å²) in [6.07, 6.45) is 3.73. The fourth-order valence-electron chi connectivity index (χ4n) is 4.68. The molecule has 8 nitrogen and oxygen atoms in total. The van der Waals surface area contributed by atoms with E-state index in [-0.39, 0.29) is 23.4 Å². The quantitative estimate of drug-likeness (QED) is 0.193. The molecular weight excluding hydrogens is 522 g/mol. The zero-order valence-corrected chi connectivity index (χ0v) is 25.9. The minimum absolute atomic E-state index is 0.0289. The van der Waals surface area contributed by atoms with Crippen LogP contribution in [0.2, 0.25) is 18.1 Å². The molecule has 1 aromatic heterocycles. The van der Waals surface area contributed by atoms with Crippen LogP contribution < -0.4 is 13.9 Å². The number of carbonyl (C=O) groups is 1. The first-order valence-corrected chi connectivity index (χ1v) is 17.1. The van der Waals surface area contributed by atoms with E-state index in [1.165, 1.54) is 5.56 Å². The fraction of sp³-hybridized carbons (Fsp3) is 0.516. The van der Waals surface area contributed by atoms with Crippen LogP contribution in [0.15, 0.2) is 48.5 Å². The maximum atomic E-state index is 12.6. The molecule has 0 amide bonds. The number of carbonyl (C=O) groups excluding carboxylic acids is 1. The van der Waals surface area contributed by atoms with E-state index in [1.807, 2.05) is 24.3 Å². The van der Waals surface area contributed by atoms with Crippen LogP contribution in [0.25, 0.3) is 0 Å². The second kappa shape index (κ2) is 12.5. The first-order valence-electron chi connectivity index (χ1n) is 14.2. The number of rotatable bonds is 10. The van der Waals surface area contributed by atoms with Gasteiger partial charge in [0.15, 0.2) is 0 Å².